The second-order valence-corrected chi connectivity index (χ2v) is 6.31. The number of rotatable bonds is 7. The van der Waals surface area contributed by atoms with Crippen LogP contribution in [0.3, 0.4) is 0 Å². The normalized spacial score (nSPS) is 16.7. The summed E-state index contributed by atoms with van der Waals surface area (Å²) >= 11 is 0. The summed E-state index contributed by atoms with van der Waals surface area (Å²) in [5.41, 5.74) is 10.5. The Labute approximate surface area is 97.5 Å². The first-order chi connectivity index (χ1) is 7.38. The first-order valence-electron chi connectivity index (χ1n) is 4.04. The molecular formula is C6H13N3O5S2. The Morgan fingerprint density at radius 1 is 1.25 bits per heavy atom. The highest BCUT2D eigenvalue weighted by atomic mass is 33.1. The quantitative estimate of drug-likeness (QED) is 0.280. The van der Waals surface area contributed by atoms with Gasteiger partial charge in [-0.05, 0) is 9.72 Å². The molecule has 0 aliphatic heterocycles. The molecular weight excluding hydrogens is 258 g/mol. The number of hydrogen-bond acceptors (Lipinski definition) is 6. The average molecular weight is 271 g/mol. The summed E-state index contributed by atoms with van der Waals surface area (Å²) in [4.78, 5) is 20.8. The van der Waals surface area contributed by atoms with Crippen molar-refractivity contribution in [3.63, 3.8) is 0 Å². The summed E-state index contributed by atoms with van der Waals surface area (Å²) in [6.45, 7) is 0. The molecule has 7 N–H and O–H groups in total. The van der Waals surface area contributed by atoms with Gasteiger partial charge in [0.15, 0.2) is 0 Å². The summed E-state index contributed by atoms with van der Waals surface area (Å²) < 4.78 is 2.94. The van der Waals surface area contributed by atoms with Gasteiger partial charge >= 0.3 is 11.9 Å². The largest absolute Gasteiger partial charge is 0.480 e. The van der Waals surface area contributed by atoms with Crippen LogP contribution in [0, 0.1) is 0 Å². The Morgan fingerprint density at radius 2 is 1.75 bits per heavy atom. The van der Waals surface area contributed by atoms with Crippen LogP contribution in [0.15, 0.2) is 4.53 Å². The third-order valence-electron chi connectivity index (χ3n) is 1.43. The molecule has 0 spiro atoms. The van der Waals surface area contributed by atoms with Crippen molar-refractivity contribution in [3.05, 3.63) is 0 Å². The third-order valence-corrected chi connectivity index (χ3v) is 4.86. The van der Waals surface area contributed by atoms with E-state index >= 15 is 0 Å². The van der Waals surface area contributed by atoms with E-state index < -0.39 is 33.7 Å². The highest BCUT2D eigenvalue weighted by molar-refractivity contribution is 8.70. The first-order valence-corrected chi connectivity index (χ1v) is 6.90. The minimum atomic E-state index is -1.20. The van der Waals surface area contributed by atoms with Crippen molar-refractivity contribution >= 4 is 32.5 Å². The smallest absolute Gasteiger partial charge is 0.321 e. The highest BCUT2D eigenvalue weighted by Gasteiger charge is 2.17. The number of carboxylic acids is 2. The van der Waals surface area contributed by atoms with Crippen molar-refractivity contribution in [2.75, 3.05) is 11.5 Å². The molecule has 3 atom stereocenters. The van der Waals surface area contributed by atoms with Gasteiger partial charge in [-0.1, -0.05) is 10.8 Å². The highest BCUT2D eigenvalue weighted by Crippen LogP contribution is 2.12. The maximum atomic E-state index is 10.4. The van der Waals surface area contributed by atoms with Crippen LogP contribution in [0.25, 0.3) is 0 Å². The van der Waals surface area contributed by atoms with E-state index in [-0.39, 0.29) is 11.5 Å². The van der Waals surface area contributed by atoms with Gasteiger partial charge in [0.25, 0.3) is 0 Å². The lowest BCUT2D eigenvalue weighted by molar-refractivity contribution is -0.138. The molecule has 16 heavy (non-hydrogen) atoms. The van der Waals surface area contributed by atoms with E-state index in [9.17, 15) is 9.59 Å². The Hall–Kier alpha value is -0.680. The summed E-state index contributed by atoms with van der Waals surface area (Å²) in [6, 6.07) is -2.23. The third kappa shape index (κ3) is 6.02. The van der Waals surface area contributed by atoms with Crippen molar-refractivity contribution in [1.29, 1.82) is 0 Å². The maximum Gasteiger partial charge on any atom is 0.321 e. The van der Waals surface area contributed by atoms with E-state index in [2.05, 4.69) is 4.53 Å². The number of nitrogens with zero attached hydrogens (tertiary/aromatic N) is 1. The lowest BCUT2D eigenvalue weighted by Gasteiger charge is -2.10. The molecule has 0 aromatic carbocycles. The summed E-state index contributed by atoms with van der Waals surface area (Å²) in [6.07, 6.45) is 0. The molecule has 0 aliphatic carbocycles. The van der Waals surface area contributed by atoms with Gasteiger partial charge < -0.3 is 21.7 Å². The topological polar surface area (TPSA) is 159 Å². The van der Waals surface area contributed by atoms with Crippen molar-refractivity contribution in [3.8, 4) is 0 Å². The molecule has 0 aromatic heterocycles. The zero-order chi connectivity index (χ0) is 12.7. The number of aliphatic carboxylic acids is 2. The fourth-order valence-electron chi connectivity index (χ4n) is 0.553. The van der Waals surface area contributed by atoms with Gasteiger partial charge in [0.2, 0.25) is 0 Å². The van der Waals surface area contributed by atoms with Gasteiger partial charge in [-0.3, -0.25) is 14.8 Å². The van der Waals surface area contributed by atoms with Gasteiger partial charge in [-0.25, -0.2) is 0 Å². The van der Waals surface area contributed by atoms with E-state index in [1.807, 2.05) is 0 Å². The van der Waals surface area contributed by atoms with Crippen LogP contribution >= 0.6 is 10.8 Å². The molecule has 0 radical (unpaired) electrons. The minimum Gasteiger partial charge on any atom is -0.480 e. The second kappa shape index (κ2) is 7.57. The fourth-order valence-corrected chi connectivity index (χ4v) is 3.44. The number of hydrogen-bond donors (Lipinski definition) is 5. The Bertz CT molecular complexity index is 298. The Kier molecular flexibility index (Phi) is 7.25. The molecule has 2 unspecified atom stereocenters. The molecule has 0 saturated carbocycles. The molecule has 8 nitrogen and oxygen atoms in total. The van der Waals surface area contributed by atoms with Crippen molar-refractivity contribution in [2.24, 2.45) is 16.0 Å². The molecule has 0 saturated heterocycles. The van der Waals surface area contributed by atoms with Gasteiger partial charge in [0, 0.05) is 11.5 Å². The zero-order valence-corrected chi connectivity index (χ0v) is 9.78. The molecule has 0 rings (SSSR count). The maximum absolute atomic E-state index is 10.4. The average Bonchev–Trinajstić information content (AvgIpc) is 2.22. The van der Waals surface area contributed by atoms with Crippen LogP contribution in [-0.4, -0.2) is 50.9 Å². The summed E-state index contributed by atoms with van der Waals surface area (Å²) in [7, 11) is -0.106. The van der Waals surface area contributed by atoms with Crippen LogP contribution < -0.4 is 11.5 Å². The number of carbonyl (C=O) groups is 2. The minimum absolute atomic E-state index is 0.0227. The van der Waals surface area contributed by atoms with Crippen LogP contribution in [-0.2, 0) is 19.3 Å². The van der Waals surface area contributed by atoms with Crippen LogP contribution in [0.4, 0.5) is 0 Å². The predicted molar refractivity (Wildman–Crippen MR) is 60.1 cm³/mol. The van der Waals surface area contributed by atoms with Gasteiger partial charge in [0.1, 0.15) is 12.1 Å². The molecule has 0 fully saturated rings. The van der Waals surface area contributed by atoms with Crippen LogP contribution in [0.5, 0.6) is 0 Å². The van der Waals surface area contributed by atoms with E-state index in [0.29, 0.717) is 0 Å². The van der Waals surface area contributed by atoms with Gasteiger partial charge in [0.05, 0.1) is 0 Å². The number of carboxylic acid groups (broad SMARTS) is 2. The standard InChI is InChI=1S/C6H13N3O5S2/c7-3(5(10)11)1-15-16(9-14)2-4(8)6(12)13/h3-4,14H,1-2,7-8H2,(H,10,11)(H,12,13)/t3?,4-,16?/m0/s1. The number of nitrogens with two attached hydrogens (primary N) is 2. The summed E-state index contributed by atoms with van der Waals surface area (Å²) in [5.74, 6) is -2.42. The van der Waals surface area contributed by atoms with Crippen molar-refractivity contribution in [1.82, 2.24) is 0 Å². The zero-order valence-electron chi connectivity index (χ0n) is 8.15. The lowest BCUT2D eigenvalue weighted by Crippen LogP contribution is -2.36. The molecule has 0 heterocycles. The Balaban J connectivity index is 4.13. The van der Waals surface area contributed by atoms with E-state index in [4.69, 9.17) is 26.9 Å². The second-order valence-electron chi connectivity index (χ2n) is 2.74. The lowest BCUT2D eigenvalue weighted by atomic mass is 10.4. The first kappa shape index (κ1) is 15.3. The monoisotopic (exact) mass is 271 g/mol. The molecule has 0 amide bonds. The van der Waals surface area contributed by atoms with Gasteiger partial charge in [-0.2, -0.15) is 0 Å². The van der Waals surface area contributed by atoms with Gasteiger partial charge in [-0.15, -0.1) is 4.53 Å². The van der Waals surface area contributed by atoms with Crippen molar-refractivity contribution in [2.45, 2.75) is 12.1 Å². The fraction of sp³-hybridized carbons (Fsp3) is 0.667. The van der Waals surface area contributed by atoms with Crippen molar-refractivity contribution < 1.29 is 25.0 Å². The van der Waals surface area contributed by atoms with Crippen LogP contribution in [0.2, 0.25) is 0 Å². The molecule has 10 heteroatoms. The summed E-state index contributed by atoms with van der Waals surface area (Å²) in [5, 5.41) is 25.6. The predicted octanol–water partition coefficient (Wildman–Crippen LogP) is -1.35. The van der Waals surface area contributed by atoms with E-state index in [1.165, 1.54) is 0 Å². The van der Waals surface area contributed by atoms with E-state index in [0.717, 1.165) is 10.8 Å². The molecule has 0 aliphatic rings. The van der Waals surface area contributed by atoms with Crippen LogP contribution in [0.1, 0.15) is 0 Å². The molecule has 94 valence electrons. The SMILES string of the molecule is NC(CSS(C[C@H](N)C(=O)O)=NO)C(=O)O. The van der Waals surface area contributed by atoms with E-state index in [1.54, 1.807) is 0 Å². The Morgan fingerprint density at radius 3 is 2.12 bits per heavy atom. The molecule has 0 bridgehead atoms. The molecule has 0 aromatic rings.